The van der Waals surface area contributed by atoms with Gasteiger partial charge in [0.15, 0.2) is 11.6 Å². The van der Waals surface area contributed by atoms with Gasteiger partial charge < -0.3 is 4.57 Å². The van der Waals surface area contributed by atoms with Crippen LogP contribution < -0.4 is 0 Å². The van der Waals surface area contributed by atoms with Crippen LogP contribution in [0.25, 0.3) is 89.3 Å². The molecule has 0 N–H and O–H groups in total. The van der Waals surface area contributed by atoms with Crippen molar-refractivity contribution < 1.29 is 0 Å². The lowest BCUT2D eigenvalue weighted by Gasteiger charge is -2.11. The number of aromatic nitrogens is 6. The fourth-order valence-electron chi connectivity index (χ4n) is 7.13. The lowest BCUT2D eigenvalue weighted by molar-refractivity contribution is 0.953. The fraction of sp³-hybridized carbons (Fsp3) is 0. The van der Waals surface area contributed by atoms with Gasteiger partial charge in [-0.15, -0.1) is 0 Å². The Morgan fingerprint density at radius 3 is 1.52 bits per heavy atom. The van der Waals surface area contributed by atoms with E-state index in [1.165, 1.54) is 10.8 Å². The Kier molecular flexibility index (Phi) is 6.39. The summed E-state index contributed by atoms with van der Waals surface area (Å²) >= 11 is 0. The third kappa shape index (κ3) is 4.50. The molecule has 234 valence electrons. The minimum absolute atomic E-state index is 0.574. The van der Waals surface area contributed by atoms with Crippen LogP contribution in [-0.2, 0) is 0 Å². The lowest BCUT2D eigenvalue weighted by Crippen LogP contribution is -2.06. The minimum Gasteiger partial charge on any atom is -0.308 e. The third-order valence-corrected chi connectivity index (χ3v) is 9.43. The second kappa shape index (κ2) is 11.4. The van der Waals surface area contributed by atoms with E-state index in [0.29, 0.717) is 17.6 Å². The Morgan fingerprint density at radius 2 is 0.880 bits per heavy atom. The summed E-state index contributed by atoms with van der Waals surface area (Å²) in [6.07, 6.45) is 2.01. The molecule has 0 aliphatic rings. The third-order valence-electron chi connectivity index (χ3n) is 9.43. The number of fused-ring (bicyclic) bond motifs is 6. The van der Waals surface area contributed by atoms with E-state index >= 15 is 0 Å². The highest BCUT2D eigenvalue weighted by molar-refractivity contribution is 6.12. The molecular formula is C44H28N6. The van der Waals surface area contributed by atoms with E-state index in [2.05, 4.69) is 106 Å². The first-order chi connectivity index (χ1) is 24.8. The van der Waals surface area contributed by atoms with Crippen molar-refractivity contribution in [2.75, 3.05) is 0 Å². The van der Waals surface area contributed by atoms with Gasteiger partial charge in [0.2, 0.25) is 5.95 Å². The van der Waals surface area contributed by atoms with Crippen molar-refractivity contribution >= 4 is 43.6 Å². The Labute approximate surface area is 287 Å². The van der Waals surface area contributed by atoms with Crippen molar-refractivity contribution in [3.05, 3.63) is 170 Å². The summed E-state index contributed by atoms with van der Waals surface area (Å²) in [5.41, 5.74) is 9.24. The lowest BCUT2D eigenvalue weighted by atomic mass is 10.0. The largest absolute Gasteiger partial charge is 0.308 e. The van der Waals surface area contributed by atoms with Gasteiger partial charge in [-0.1, -0.05) is 121 Å². The van der Waals surface area contributed by atoms with Gasteiger partial charge in [-0.25, -0.2) is 4.98 Å². The van der Waals surface area contributed by atoms with Gasteiger partial charge in [-0.05, 0) is 42.5 Å². The van der Waals surface area contributed by atoms with Gasteiger partial charge in [0.1, 0.15) is 0 Å². The normalized spacial score (nSPS) is 11.6. The Balaban J connectivity index is 1.17. The van der Waals surface area contributed by atoms with Crippen LogP contribution in [0, 0.1) is 0 Å². The molecule has 0 aliphatic carbocycles. The van der Waals surface area contributed by atoms with Crippen LogP contribution >= 0.6 is 0 Å². The van der Waals surface area contributed by atoms with Crippen molar-refractivity contribution in [3.8, 4) is 45.7 Å². The summed E-state index contributed by atoms with van der Waals surface area (Å²) in [4.78, 5) is 20.1. The molecule has 0 fully saturated rings. The summed E-state index contributed by atoms with van der Waals surface area (Å²) in [6.45, 7) is 0. The van der Waals surface area contributed by atoms with Crippen molar-refractivity contribution in [1.82, 2.24) is 29.1 Å². The van der Waals surface area contributed by atoms with Gasteiger partial charge in [0.05, 0.1) is 34.0 Å². The summed E-state index contributed by atoms with van der Waals surface area (Å²) in [5, 5.41) is 4.60. The Hall–Kier alpha value is -6.92. The van der Waals surface area contributed by atoms with Crippen LogP contribution in [0.15, 0.2) is 170 Å². The quantitative estimate of drug-likeness (QED) is 0.188. The number of nitrogens with zero attached hydrogens (tertiary/aromatic N) is 6. The topological polar surface area (TPSA) is 61.4 Å². The standard InChI is InChI=1S/C44H28N6/c1-4-14-29(15-5-1)42-46-43(30-16-6-2-7-17-30)48-44(47-42)50-39-23-13-11-20-33(39)35-26-31(24-25-40(35)50)37-27-36-34-21-10-12-22-38(34)49(41(36)28-45-37)32-18-8-3-9-19-32/h1-28H. The fourth-order valence-corrected chi connectivity index (χ4v) is 7.13. The predicted octanol–water partition coefficient (Wildman–Crippen LogP) is 10.5. The molecule has 0 saturated heterocycles. The highest BCUT2D eigenvalue weighted by Crippen LogP contribution is 2.37. The van der Waals surface area contributed by atoms with Gasteiger partial charge in [-0.3, -0.25) is 9.55 Å². The summed E-state index contributed by atoms with van der Waals surface area (Å²) < 4.78 is 4.44. The first-order valence-corrected chi connectivity index (χ1v) is 16.7. The molecule has 6 nitrogen and oxygen atoms in total. The van der Waals surface area contributed by atoms with E-state index in [4.69, 9.17) is 19.9 Å². The summed E-state index contributed by atoms with van der Waals surface area (Å²) in [5.74, 6) is 1.83. The first kappa shape index (κ1) is 28.1. The second-order valence-electron chi connectivity index (χ2n) is 12.4. The molecule has 0 radical (unpaired) electrons. The van der Waals surface area contributed by atoms with Crippen molar-refractivity contribution in [1.29, 1.82) is 0 Å². The van der Waals surface area contributed by atoms with E-state index in [9.17, 15) is 0 Å². The van der Waals surface area contributed by atoms with E-state index in [1.807, 2.05) is 72.9 Å². The van der Waals surface area contributed by atoms with Gasteiger partial charge in [0.25, 0.3) is 0 Å². The van der Waals surface area contributed by atoms with Crippen LogP contribution in [0.4, 0.5) is 0 Å². The highest BCUT2D eigenvalue weighted by Gasteiger charge is 2.19. The van der Waals surface area contributed by atoms with E-state index < -0.39 is 0 Å². The van der Waals surface area contributed by atoms with Crippen molar-refractivity contribution in [3.63, 3.8) is 0 Å². The molecule has 0 aliphatic heterocycles. The van der Waals surface area contributed by atoms with E-state index in [0.717, 1.165) is 60.9 Å². The molecule has 6 heteroatoms. The molecule has 0 saturated carbocycles. The van der Waals surface area contributed by atoms with Crippen molar-refractivity contribution in [2.45, 2.75) is 0 Å². The van der Waals surface area contributed by atoms with Gasteiger partial charge in [-0.2, -0.15) is 9.97 Å². The molecule has 0 amide bonds. The number of rotatable bonds is 5. The smallest absolute Gasteiger partial charge is 0.238 e. The summed E-state index contributed by atoms with van der Waals surface area (Å²) in [7, 11) is 0. The molecule has 0 atom stereocenters. The van der Waals surface area contributed by atoms with Gasteiger partial charge in [0, 0.05) is 43.9 Å². The molecule has 4 aromatic heterocycles. The van der Waals surface area contributed by atoms with E-state index in [-0.39, 0.29) is 0 Å². The number of hydrogen-bond donors (Lipinski definition) is 0. The monoisotopic (exact) mass is 640 g/mol. The van der Waals surface area contributed by atoms with Crippen LogP contribution in [0.1, 0.15) is 0 Å². The maximum absolute atomic E-state index is 5.07. The second-order valence-corrected chi connectivity index (χ2v) is 12.4. The van der Waals surface area contributed by atoms with Crippen LogP contribution in [0.5, 0.6) is 0 Å². The zero-order valence-electron chi connectivity index (χ0n) is 26.8. The molecule has 10 rings (SSSR count). The number of hydrogen-bond acceptors (Lipinski definition) is 4. The summed E-state index contributed by atoms with van der Waals surface area (Å²) in [6, 6.07) is 56.5. The Morgan fingerprint density at radius 1 is 0.360 bits per heavy atom. The van der Waals surface area contributed by atoms with Crippen molar-refractivity contribution in [2.24, 2.45) is 0 Å². The average Bonchev–Trinajstić information content (AvgIpc) is 3.71. The minimum atomic E-state index is 0.574. The molecular weight excluding hydrogens is 613 g/mol. The zero-order chi connectivity index (χ0) is 33.0. The Bertz CT molecular complexity index is 2800. The molecule has 0 spiro atoms. The van der Waals surface area contributed by atoms with E-state index in [1.54, 1.807) is 0 Å². The molecule has 0 unspecified atom stereocenters. The molecule has 10 aromatic rings. The highest BCUT2D eigenvalue weighted by atomic mass is 15.2. The number of para-hydroxylation sites is 3. The maximum atomic E-state index is 5.07. The zero-order valence-corrected chi connectivity index (χ0v) is 26.8. The maximum Gasteiger partial charge on any atom is 0.238 e. The molecule has 6 aromatic carbocycles. The first-order valence-electron chi connectivity index (χ1n) is 16.7. The number of benzene rings is 6. The van der Waals surface area contributed by atoms with Gasteiger partial charge >= 0.3 is 0 Å². The molecule has 0 bridgehead atoms. The molecule has 50 heavy (non-hydrogen) atoms. The van der Waals surface area contributed by atoms with Crippen LogP contribution in [-0.4, -0.2) is 29.1 Å². The van der Waals surface area contributed by atoms with Crippen LogP contribution in [0.3, 0.4) is 0 Å². The number of pyridine rings is 1. The SMILES string of the molecule is c1ccc(-c2nc(-c3ccccc3)nc(-n3c4ccccc4c4cc(-c5cc6c7ccccc7n(-c7ccccc7)c6cn5)ccc43)n2)cc1. The average molecular weight is 641 g/mol. The predicted molar refractivity (Wildman–Crippen MR) is 203 cm³/mol. The van der Waals surface area contributed by atoms with Crippen LogP contribution in [0.2, 0.25) is 0 Å². The molecule has 4 heterocycles.